The van der Waals surface area contributed by atoms with Gasteiger partial charge in [-0.25, -0.2) is 4.79 Å². The van der Waals surface area contributed by atoms with Crippen LogP contribution in [0, 0.1) is 0 Å². The summed E-state index contributed by atoms with van der Waals surface area (Å²) in [6.45, 7) is 3.14. The summed E-state index contributed by atoms with van der Waals surface area (Å²) in [5.41, 5.74) is 3.25. The lowest BCUT2D eigenvalue weighted by molar-refractivity contribution is -0.564. The zero-order valence-corrected chi connectivity index (χ0v) is 10.7. The van der Waals surface area contributed by atoms with E-state index in [-0.39, 0.29) is 5.97 Å². The summed E-state index contributed by atoms with van der Waals surface area (Å²) in [6.07, 6.45) is 2.54. The van der Waals surface area contributed by atoms with Crippen LogP contribution in [0.4, 0.5) is 0 Å². The summed E-state index contributed by atoms with van der Waals surface area (Å²) in [5, 5.41) is 2.08. The quantitative estimate of drug-likeness (QED) is 0.633. The normalized spacial score (nSPS) is 16.2. The minimum Gasteiger partial charge on any atom is -0.497 e. The Morgan fingerprint density at radius 1 is 1.50 bits per heavy atom. The van der Waals surface area contributed by atoms with Gasteiger partial charge in [-0.3, -0.25) is 0 Å². The van der Waals surface area contributed by atoms with E-state index in [9.17, 15) is 4.79 Å². The van der Waals surface area contributed by atoms with Crippen LogP contribution in [0.2, 0.25) is 0 Å². The standard InChI is InChI=1S/C14H17NO3/c1-3-18-14(16)9-13-12-5-4-11(17-2)8-10(12)6-7-15-13/h4-5,8-9,15H,3,6-7H2,1-2H3/p+1/b13-9+. The maximum Gasteiger partial charge on any atom is 0.336 e. The average molecular weight is 248 g/mol. The Labute approximate surface area is 107 Å². The molecular formula is C14H18NO3+. The summed E-state index contributed by atoms with van der Waals surface area (Å²) in [6, 6.07) is 5.94. The van der Waals surface area contributed by atoms with Crippen molar-refractivity contribution in [3.05, 3.63) is 35.4 Å². The van der Waals surface area contributed by atoms with Crippen LogP contribution in [-0.2, 0) is 16.0 Å². The first-order chi connectivity index (χ1) is 8.74. The van der Waals surface area contributed by atoms with Crippen LogP contribution in [0.15, 0.2) is 24.3 Å². The van der Waals surface area contributed by atoms with Gasteiger partial charge in [0.05, 0.1) is 26.3 Å². The van der Waals surface area contributed by atoms with E-state index in [1.165, 1.54) is 5.56 Å². The number of nitrogens with two attached hydrogens (primary N) is 1. The number of quaternary nitrogens is 1. The van der Waals surface area contributed by atoms with Crippen molar-refractivity contribution in [2.75, 3.05) is 20.3 Å². The first kappa shape index (κ1) is 12.6. The second-order valence-electron chi connectivity index (χ2n) is 4.12. The average Bonchev–Trinajstić information content (AvgIpc) is 2.38. The fourth-order valence-corrected chi connectivity index (χ4v) is 2.13. The third-order valence-electron chi connectivity index (χ3n) is 2.96. The molecule has 4 heteroatoms. The number of hydrogen-bond acceptors (Lipinski definition) is 3. The Kier molecular flexibility index (Phi) is 3.99. The second kappa shape index (κ2) is 5.69. The number of benzene rings is 1. The second-order valence-corrected chi connectivity index (χ2v) is 4.12. The van der Waals surface area contributed by atoms with E-state index in [4.69, 9.17) is 9.47 Å². The lowest BCUT2D eigenvalue weighted by atomic mass is 9.97. The fraction of sp³-hybridized carbons (Fsp3) is 0.357. The van der Waals surface area contributed by atoms with Crippen molar-refractivity contribution in [3.8, 4) is 5.75 Å². The van der Waals surface area contributed by atoms with Gasteiger partial charge in [0.2, 0.25) is 0 Å². The minimum atomic E-state index is -0.285. The lowest BCUT2D eigenvalue weighted by Crippen LogP contribution is -2.83. The zero-order valence-electron chi connectivity index (χ0n) is 10.7. The highest BCUT2D eigenvalue weighted by atomic mass is 16.5. The van der Waals surface area contributed by atoms with Gasteiger partial charge in [0.15, 0.2) is 0 Å². The first-order valence-corrected chi connectivity index (χ1v) is 6.13. The molecule has 2 N–H and O–H groups in total. The largest absolute Gasteiger partial charge is 0.497 e. The van der Waals surface area contributed by atoms with E-state index in [1.807, 2.05) is 18.2 Å². The van der Waals surface area contributed by atoms with Gasteiger partial charge in [-0.05, 0) is 30.7 Å². The smallest absolute Gasteiger partial charge is 0.336 e. The summed E-state index contributed by atoms with van der Waals surface area (Å²) >= 11 is 0. The maximum atomic E-state index is 11.5. The molecule has 1 heterocycles. The number of carbonyl (C=O) groups is 1. The monoisotopic (exact) mass is 248 g/mol. The molecule has 18 heavy (non-hydrogen) atoms. The molecule has 1 aliphatic rings. The molecule has 0 amide bonds. The van der Waals surface area contributed by atoms with Crippen LogP contribution in [0.5, 0.6) is 5.75 Å². The summed E-state index contributed by atoms with van der Waals surface area (Å²) in [7, 11) is 1.66. The third-order valence-corrected chi connectivity index (χ3v) is 2.96. The van der Waals surface area contributed by atoms with Gasteiger partial charge in [-0.2, -0.15) is 0 Å². The van der Waals surface area contributed by atoms with E-state index in [0.717, 1.165) is 30.0 Å². The minimum absolute atomic E-state index is 0.285. The van der Waals surface area contributed by atoms with E-state index in [2.05, 4.69) is 5.32 Å². The third kappa shape index (κ3) is 2.71. The highest BCUT2D eigenvalue weighted by Gasteiger charge is 2.19. The van der Waals surface area contributed by atoms with Gasteiger partial charge < -0.3 is 14.8 Å². The molecule has 0 bridgehead atoms. The van der Waals surface area contributed by atoms with Crippen molar-refractivity contribution in [2.24, 2.45) is 0 Å². The Balaban J connectivity index is 2.30. The number of esters is 1. The van der Waals surface area contributed by atoms with Crippen molar-refractivity contribution in [3.63, 3.8) is 0 Å². The van der Waals surface area contributed by atoms with Crippen LogP contribution in [0.1, 0.15) is 18.1 Å². The summed E-state index contributed by atoms with van der Waals surface area (Å²) < 4.78 is 10.2. The maximum absolute atomic E-state index is 11.5. The van der Waals surface area contributed by atoms with Crippen LogP contribution < -0.4 is 10.1 Å². The molecule has 96 valence electrons. The Morgan fingerprint density at radius 3 is 3.06 bits per heavy atom. The predicted octanol–water partition coefficient (Wildman–Crippen LogP) is 0.719. The molecule has 1 aliphatic heterocycles. The van der Waals surface area contributed by atoms with Gasteiger partial charge in [0.25, 0.3) is 0 Å². The highest BCUT2D eigenvalue weighted by Crippen LogP contribution is 2.23. The Hall–Kier alpha value is -1.81. The first-order valence-electron chi connectivity index (χ1n) is 6.13. The van der Waals surface area contributed by atoms with Crippen molar-refractivity contribution >= 4 is 11.7 Å². The van der Waals surface area contributed by atoms with E-state index >= 15 is 0 Å². The van der Waals surface area contributed by atoms with Crippen LogP contribution in [-0.4, -0.2) is 26.2 Å². The molecule has 1 aromatic carbocycles. The SMILES string of the molecule is CCOC(=O)/C=C1/[NH2+]CCc2cc(OC)ccc21. The summed E-state index contributed by atoms with van der Waals surface area (Å²) in [5.74, 6) is 0.568. The molecule has 0 spiro atoms. The molecule has 2 rings (SSSR count). The number of carbonyl (C=O) groups excluding carboxylic acids is 1. The van der Waals surface area contributed by atoms with Crippen molar-refractivity contribution in [1.29, 1.82) is 0 Å². The molecule has 0 aromatic heterocycles. The molecule has 0 unspecified atom stereocenters. The molecule has 4 nitrogen and oxygen atoms in total. The van der Waals surface area contributed by atoms with Gasteiger partial charge in [0.1, 0.15) is 11.4 Å². The fourth-order valence-electron chi connectivity index (χ4n) is 2.13. The van der Waals surface area contributed by atoms with Gasteiger partial charge in [-0.1, -0.05) is 0 Å². The Morgan fingerprint density at radius 2 is 2.33 bits per heavy atom. The Bertz CT molecular complexity index is 480. The molecule has 0 fully saturated rings. The summed E-state index contributed by atoms with van der Waals surface area (Å²) in [4.78, 5) is 11.5. The lowest BCUT2D eigenvalue weighted by Gasteiger charge is -2.17. The molecule has 0 radical (unpaired) electrons. The van der Waals surface area contributed by atoms with E-state index in [1.54, 1.807) is 20.1 Å². The number of hydrogen-bond donors (Lipinski definition) is 1. The molecule has 0 saturated carbocycles. The topological polar surface area (TPSA) is 52.1 Å². The zero-order chi connectivity index (χ0) is 13.0. The van der Waals surface area contributed by atoms with Crippen LogP contribution in [0.25, 0.3) is 5.70 Å². The van der Waals surface area contributed by atoms with Crippen molar-refractivity contribution < 1.29 is 19.6 Å². The van der Waals surface area contributed by atoms with Gasteiger partial charge in [0, 0.05) is 12.0 Å². The van der Waals surface area contributed by atoms with Crippen LogP contribution in [0.3, 0.4) is 0 Å². The molecule has 0 atom stereocenters. The molecular weight excluding hydrogens is 230 g/mol. The van der Waals surface area contributed by atoms with Gasteiger partial charge in [-0.15, -0.1) is 0 Å². The van der Waals surface area contributed by atoms with Crippen molar-refractivity contribution in [1.82, 2.24) is 0 Å². The molecule has 0 aliphatic carbocycles. The van der Waals surface area contributed by atoms with Gasteiger partial charge >= 0.3 is 5.97 Å². The number of rotatable bonds is 3. The number of ether oxygens (including phenoxy) is 2. The van der Waals surface area contributed by atoms with Crippen molar-refractivity contribution in [2.45, 2.75) is 13.3 Å². The number of fused-ring (bicyclic) bond motifs is 1. The highest BCUT2D eigenvalue weighted by molar-refractivity contribution is 5.89. The van der Waals surface area contributed by atoms with E-state index in [0.29, 0.717) is 6.61 Å². The molecule has 1 aromatic rings. The van der Waals surface area contributed by atoms with Crippen LogP contribution >= 0.6 is 0 Å². The van der Waals surface area contributed by atoms with E-state index < -0.39 is 0 Å². The molecule has 0 saturated heterocycles. The number of methoxy groups -OCH3 is 1. The predicted molar refractivity (Wildman–Crippen MR) is 68.1 cm³/mol.